The molecule has 0 saturated carbocycles. The zero-order valence-electron chi connectivity index (χ0n) is 21.2. The lowest BCUT2D eigenvalue weighted by Crippen LogP contribution is -2.78. The van der Waals surface area contributed by atoms with Crippen molar-refractivity contribution in [3.05, 3.63) is 91.0 Å². The molecule has 1 spiro atoms. The summed E-state index contributed by atoms with van der Waals surface area (Å²) in [5, 5.41) is 3.22. The summed E-state index contributed by atoms with van der Waals surface area (Å²) in [4.78, 5) is -1.37. The molecule has 3 saturated heterocycles. The van der Waals surface area contributed by atoms with Crippen molar-refractivity contribution in [3.63, 3.8) is 0 Å². The van der Waals surface area contributed by atoms with Gasteiger partial charge in [0.25, 0.3) is 8.32 Å². The normalized spacial score (nSPS) is 32.9. The van der Waals surface area contributed by atoms with Gasteiger partial charge in [-0.2, -0.15) is 0 Å². The maximum absolute atomic E-state index is 7.59. The smallest absolute Gasteiger partial charge is 0.290 e. The van der Waals surface area contributed by atoms with Gasteiger partial charge in [0.2, 0.25) is 5.79 Å². The third kappa shape index (κ3) is 4.11. The van der Waals surface area contributed by atoms with Crippen LogP contribution in [0.2, 0.25) is 0 Å². The maximum atomic E-state index is 7.59. The number of benzene rings is 3. The molecule has 3 aliphatic heterocycles. The average Bonchev–Trinajstić information content (AvgIpc) is 3.47. The minimum absolute atomic E-state index is 0.146. The van der Waals surface area contributed by atoms with E-state index in [0.29, 0.717) is 0 Å². The molecule has 37 heavy (non-hydrogen) atoms. The van der Waals surface area contributed by atoms with Gasteiger partial charge in [0, 0.05) is 0 Å². The van der Waals surface area contributed by atoms with E-state index in [9.17, 15) is 0 Å². The van der Waals surface area contributed by atoms with Crippen LogP contribution in [0.25, 0.3) is 0 Å². The molecule has 3 aliphatic rings. The Morgan fingerprint density at radius 2 is 1.30 bits per heavy atom. The Balaban J connectivity index is 1.60. The minimum Gasteiger partial charge on any atom is -0.383 e. The van der Waals surface area contributed by atoms with Gasteiger partial charge in [0.1, 0.15) is 18.8 Å². The van der Waals surface area contributed by atoms with Crippen LogP contribution in [0.3, 0.4) is 0 Å². The summed E-state index contributed by atoms with van der Waals surface area (Å²) in [6.07, 6.45) is -1.35. The molecule has 6 nitrogen and oxygen atoms in total. The van der Waals surface area contributed by atoms with E-state index in [1.54, 1.807) is 0 Å². The molecule has 0 bridgehead atoms. The Labute approximate surface area is 224 Å². The molecule has 3 aromatic rings. The van der Waals surface area contributed by atoms with Crippen LogP contribution in [0.1, 0.15) is 20.8 Å². The first kappa shape index (κ1) is 25.3. The highest BCUT2D eigenvalue weighted by molar-refractivity contribution is 7.81. The highest BCUT2D eigenvalue weighted by Crippen LogP contribution is 2.52. The highest BCUT2D eigenvalue weighted by atomic mass is 32.1. The summed E-state index contributed by atoms with van der Waals surface area (Å²) in [5.74, 6) is -2.20. The molecule has 0 aliphatic carbocycles. The summed E-state index contributed by atoms with van der Waals surface area (Å²) in [5.41, 5.74) is 0. The van der Waals surface area contributed by atoms with Gasteiger partial charge in [-0.1, -0.05) is 91.0 Å². The van der Waals surface area contributed by atoms with Crippen molar-refractivity contribution in [1.82, 2.24) is 0 Å². The van der Waals surface area contributed by atoms with Gasteiger partial charge in [-0.05, 0) is 36.3 Å². The van der Waals surface area contributed by atoms with Crippen molar-refractivity contribution >= 4 is 36.5 Å². The largest absolute Gasteiger partial charge is 0.383 e. The van der Waals surface area contributed by atoms with Crippen LogP contribution < -0.4 is 15.6 Å². The van der Waals surface area contributed by atoms with E-state index in [1.807, 2.05) is 75.4 Å². The standard InChI is InChI=1S/C29H32O6SSi/c1-21-32-25-19-30-28(20-31-27(2,3)34-28)29(36,26(25)33-21)35-37(22-13-7-4-8-14-22,23-15-9-5-10-16-23)24-17-11-6-12-18-24/h4-18,21,25-26,36H,19-20H2,1-3H3/t21?,25-,26-,28+,29+/m1/s1. The molecule has 1 unspecified atom stereocenters. The monoisotopic (exact) mass is 536 g/mol. The first-order chi connectivity index (χ1) is 17.8. The Hall–Kier alpha value is -2.01. The molecule has 8 heteroatoms. The Morgan fingerprint density at radius 1 is 0.784 bits per heavy atom. The van der Waals surface area contributed by atoms with Crippen LogP contribution >= 0.6 is 12.6 Å². The van der Waals surface area contributed by atoms with E-state index in [1.165, 1.54) is 0 Å². The van der Waals surface area contributed by atoms with Gasteiger partial charge in [-0.3, -0.25) is 0 Å². The summed E-state index contributed by atoms with van der Waals surface area (Å²) < 4.78 is 39.1. The van der Waals surface area contributed by atoms with Crippen molar-refractivity contribution < 1.29 is 28.1 Å². The topological polar surface area (TPSA) is 55.4 Å². The summed E-state index contributed by atoms with van der Waals surface area (Å²) in [6, 6.07) is 31.1. The van der Waals surface area contributed by atoms with E-state index in [4.69, 9.17) is 40.7 Å². The van der Waals surface area contributed by atoms with Gasteiger partial charge in [0.05, 0.1) is 6.61 Å². The Bertz CT molecular complexity index is 1130. The Kier molecular flexibility index (Phi) is 6.37. The summed E-state index contributed by atoms with van der Waals surface area (Å²) in [7, 11) is -3.23. The molecular formula is C29H32O6SSi. The van der Waals surface area contributed by atoms with Gasteiger partial charge in [-0.15, -0.1) is 12.6 Å². The van der Waals surface area contributed by atoms with E-state index in [0.717, 1.165) is 15.6 Å². The second-order valence-electron chi connectivity index (χ2n) is 10.2. The third-order valence-corrected chi connectivity index (χ3v) is 12.3. The molecule has 0 N–H and O–H groups in total. The predicted molar refractivity (Wildman–Crippen MR) is 146 cm³/mol. The van der Waals surface area contributed by atoms with Gasteiger partial charge < -0.3 is 28.1 Å². The van der Waals surface area contributed by atoms with Crippen LogP contribution in [0.4, 0.5) is 0 Å². The van der Waals surface area contributed by atoms with E-state index < -0.39 is 37.2 Å². The highest BCUT2D eigenvalue weighted by Gasteiger charge is 2.72. The second kappa shape index (κ2) is 9.32. The third-order valence-electron chi connectivity index (χ3n) is 7.32. The number of fused-ring (bicyclic) bond motifs is 1. The summed E-state index contributed by atoms with van der Waals surface area (Å²) >= 11 is 5.35. The molecule has 6 rings (SSSR count). The SMILES string of the molecule is CC1O[C@@H]2[C@@H](CO[C@]3(COC(C)(C)O3)[C@]2(S)O[Si](c2ccccc2)(c2ccccc2)c2ccccc2)O1. The number of ether oxygens (including phenoxy) is 5. The zero-order chi connectivity index (χ0) is 25.7. The molecule has 3 fully saturated rings. The van der Waals surface area contributed by atoms with Crippen molar-refractivity contribution in [3.8, 4) is 0 Å². The number of hydrogen-bond donors (Lipinski definition) is 1. The van der Waals surface area contributed by atoms with Crippen LogP contribution in [0.15, 0.2) is 91.0 Å². The molecule has 0 aromatic heterocycles. The molecule has 3 heterocycles. The Morgan fingerprint density at radius 3 is 1.76 bits per heavy atom. The first-order valence-corrected chi connectivity index (χ1v) is 15.0. The lowest BCUT2D eigenvalue weighted by molar-refractivity contribution is -0.332. The van der Waals surface area contributed by atoms with Gasteiger partial charge >= 0.3 is 0 Å². The van der Waals surface area contributed by atoms with E-state index in [-0.39, 0.29) is 19.3 Å². The number of thiol groups is 1. The molecule has 0 amide bonds. The van der Waals surface area contributed by atoms with Crippen LogP contribution in [-0.2, 0) is 28.1 Å². The average molecular weight is 537 g/mol. The van der Waals surface area contributed by atoms with Crippen molar-refractivity contribution in [2.24, 2.45) is 0 Å². The quantitative estimate of drug-likeness (QED) is 0.234. The fraction of sp³-hybridized carbons (Fsp3) is 0.379. The summed E-state index contributed by atoms with van der Waals surface area (Å²) in [6.45, 7) is 6.06. The molecule has 194 valence electrons. The van der Waals surface area contributed by atoms with E-state index in [2.05, 4.69) is 36.4 Å². The molecule has 0 radical (unpaired) electrons. The van der Waals surface area contributed by atoms with Gasteiger partial charge in [0.15, 0.2) is 17.0 Å². The predicted octanol–water partition coefficient (Wildman–Crippen LogP) is 2.94. The van der Waals surface area contributed by atoms with Crippen molar-refractivity contribution in [2.45, 2.75) is 55.8 Å². The lowest BCUT2D eigenvalue weighted by Gasteiger charge is -2.54. The number of rotatable bonds is 5. The van der Waals surface area contributed by atoms with Crippen molar-refractivity contribution in [1.29, 1.82) is 0 Å². The zero-order valence-corrected chi connectivity index (χ0v) is 23.1. The van der Waals surface area contributed by atoms with Crippen molar-refractivity contribution in [2.75, 3.05) is 13.2 Å². The fourth-order valence-electron chi connectivity index (χ4n) is 5.69. The number of hydrogen-bond acceptors (Lipinski definition) is 7. The van der Waals surface area contributed by atoms with Crippen LogP contribution in [0.5, 0.6) is 0 Å². The fourth-order valence-corrected chi connectivity index (χ4v) is 10.6. The van der Waals surface area contributed by atoms with Crippen LogP contribution in [-0.4, -0.2) is 56.5 Å². The molecule has 5 atom stereocenters. The lowest BCUT2D eigenvalue weighted by atomic mass is 9.96. The van der Waals surface area contributed by atoms with Gasteiger partial charge in [-0.25, -0.2) is 0 Å². The molecular weight excluding hydrogens is 504 g/mol. The molecule has 3 aromatic carbocycles. The first-order valence-electron chi connectivity index (χ1n) is 12.7. The van der Waals surface area contributed by atoms with E-state index >= 15 is 0 Å². The maximum Gasteiger partial charge on any atom is 0.290 e. The second-order valence-corrected chi connectivity index (χ2v) is 14.2. The van der Waals surface area contributed by atoms with Crippen LogP contribution in [0, 0.1) is 0 Å². The minimum atomic E-state index is -3.23.